The van der Waals surface area contributed by atoms with Crippen molar-refractivity contribution in [3.8, 4) is 0 Å². The van der Waals surface area contributed by atoms with E-state index in [0.29, 0.717) is 13.0 Å². The number of carboxylic acid groups (broad SMARTS) is 1. The lowest BCUT2D eigenvalue weighted by Gasteiger charge is -2.08. The zero-order valence-electron chi connectivity index (χ0n) is 10.2. The van der Waals surface area contributed by atoms with E-state index in [4.69, 9.17) is 9.94 Å². The van der Waals surface area contributed by atoms with Crippen LogP contribution in [0.2, 0.25) is 0 Å². The number of hydrogen-bond acceptors (Lipinski definition) is 6. The molecule has 2 heterocycles. The lowest BCUT2D eigenvalue weighted by Crippen LogP contribution is -2.36. The first-order valence-electron chi connectivity index (χ1n) is 5.64. The number of carbonyl (C=O) groups excluding carboxylic acids is 1. The van der Waals surface area contributed by atoms with Gasteiger partial charge in [0.25, 0.3) is 5.91 Å². The third-order valence-electron chi connectivity index (χ3n) is 2.66. The van der Waals surface area contributed by atoms with Gasteiger partial charge in [0.05, 0.1) is 0 Å². The Morgan fingerprint density at radius 2 is 2.42 bits per heavy atom. The molecule has 2 rings (SSSR count). The second-order valence-electron chi connectivity index (χ2n) is 4.04. The van der Waals surface area contributed by atoms with Crippen LogP contribution in [0.25, 0.3) is 0 Å². The molecule has 0 spiro atoms. The third kappa shape index (κ3) is 3.06. The van der Waals surface area contributed by atoms with Gasteiger partial charge in [-0.1, -0.05) is 5.16 Å². The smallest absolute Gasteiger partial charge is 0.353 e. The summed E-state index contributed by atoms with van der Waals surface area (Å²) in [6.45, 7) is 0.369. The Morgan fingerprint density at radius 1 is 1.63 bits per heavy atom. The number of rotatable bonds is 5. The molecule has 19 heavy (non-hydrogen) atoms. The molecule has 9 nitrogen and oxygen atoms in total. The maximum absolute atomic E-state index is 11.7. The first-order valence-corrected chi connectivity index (χ1v) is 5.64. The fourth-order valence-electron chi connectivity index (χ4n) is 1.59. The highest BCUT2D eigenvalue weighted by molar-refractivity contribution is 6.36. The van der Waals surface area contributed by atoms with E-state index in [2.05, 4.69) is 20.7 Å². The average Bonchev–Trinajstić information content (AvgIpc) is 2.98. The Bertz CT molecular complexity index is 524. The molecular formula is C10H13N5O4. The van der Waals surface area contributed by atoms with E-state index in [0.717, 1.165) is 5.82 Å². The second-order valence-corrected chi connectivity index (χ2v) is 4.04. The minimum Gasteiger partial charge on any atom is -0.477 e. The largest absolute Gasteiger partial charge is 0.477 e. The molecule has 1 aliphatic heterocycles. The van der Waals surface area contributed by atoms with Gasteiger partial charge >= 0.3 is 5.97 Å². The van der Waals surface area contributed by atoms with Crippen molar-refractivity contribution in [1.82, 2.24) is 20.1 Å². The van der Waals surface area contributed by atoms with Crippen LogP contribution < -0.4 is 5.32 Å². The normalized spacial score (nSPS) is 17.7. The molecule has 9 heteroatoms. The van der Waals surface area contributed by atoms with E-state index >= 15 is 0 Å². The average molecular weight is 267 g/mol. The number of nitrogens with one attached hydrogen (secondary N) is 1. The van der Waals surface area contributed by atoms with Crippen LogP contribution in [0.4, 0.5) is 0 Å². The zero-order chi connectivity index (χ0) is 13.8. The van der Waals surface area contributed by atoms with Gasteiger partial charge in [-0.05, 0) is 0 Å². The van der Waals surface area contributed by atoms with Crippen molar-refractivity contribution >= 4 is 17.6 Å². The summed E-state index contributed by atoms with van der Waals surface area (Å²) in [6, 6.07) is 0. The van der Waals surface area contributed by atoms with Crippen molar-refractivity contribution in [3.05, 3.63) is 12.2 Å². The van der Waals surface area contributed by atoms with E-state index in [-0.39, 0.29) is 18.0 Å². The highest BCUT2D eigenvalue weighted by Crippen LogP contribution is 2.10. The summed E-state index contributed by atoms with van der Waals surface area (Å²) in [6.07, 6.45) is 1.21. The molecule has 0 aliphatic carbocycles. The summed E-state index contributed by atoms with van der Waals surface area (Å²) in [7, 11) is 1.81. The first kappa shape index (κ1) is 13.0. The Hall–Kier alpha value is -2.45. The summed E-state index contributed by atoms with van der Waals surface area (Å²) in [5.41, 5.74) is -0.145. The van der Waals surface area contributed by atoms with Gasteiger partial charge in [0.1, 0.15) is 12.2 Å². The van der Waals surface area contributed by atoms with Crippen LogP contribution in [0.3, 0.4) is 0 Å². The van der Waals surface area contributed by atoms with E-state index in [1.165, 1.54) is 0 Å². The molecule has 0 bridgehead atoms. The minimum atomic E-state index is -1.17. The lowest BCUT2D eigenvalue weighted by atomic mass is 10.1. The lowest BCUT2D eigenvalue weighted by molar-refractivity contribution is -0.131. The molecule has 0 aromatic carbocycles. The van der Waals surface area contributed by atoms with Crippen LogP contribution in [0.5, 0.6) is 0 Å². The number of carboxylic acids is 1. The zero-order valence-corrected chi connectivity index (χ0v) is 10.2. The molecular weight excluding hydrogens is 254 g/mol. The first-order chi connectivity index (χ1) is 9.08. The number of carbonyl (C=O) groups is 2. The van der Waals surface area contributed by atoms with Crippen molar-refractivity contribution in [3.63, 3.8) is 0 Å². The molecule has 1 aromatic heterocycles. The highest BCUT2D eigenvalue weighted by Gasteiger charge is 2.31. The molecule has 1 atom stereocenters. The molecule has 0 fully saturated rings. The monoisotopic (exact) mass is 267 g/mol. The van der Waals surface area contributed by atoms with E-state index < -0.39 is 12.1 Å². The van der Waals surface area contributed by atoms with E-state index in [1.54, 1.807) is 10.9 Å². The van der Waals surface area contributed by atoms with Gasteiger partial charge in [-0.3, -0.25) is 4.79 Å². The van der Waals surface area contributed by atoms with Crippen LogP contribution in [0.1, 0.15) is 12.2 Å². The molecule has 1 aromatic rings. The number of oxime groups is 1. The number of amides is 1. The fraction of sp³-hybridized carbons (Fsp3) is 0.500. The minimum absolute atomic E-state index is 0.0227. The summed E-state index contributed by atoms with van der Waals surface area (Å²) < 4.78 is 1.75. The predicted molar refractivity (Wildman–Crippen MR) is 62.3 cm³/mol. The summed E-state index contributed by atoms with van der Waals surface area (Å²) in [5.74, 6) is -0.813. The van der Waals surface area contributed by atoms with Gasteiger partial charge in [0.2, 0.25) is 6.10 Å². The van der Waals surface area contributed by atoms with E-state index in [1.807, 2.05) is 7.05 Å². The SMILES string of the molecule is Cn1cnnc1CCNC(=O)C1CC(C(=O)O)=NO1. The molecule has 102 valence electrons. The number of aryl methyl sites for hydroxylation is 1. The number of aliphatic carboxylic acids is 1. The molecule has 1 amide bonds. The number of nitrogens with zero attached hydrogens (tertiary/aromatic N) is 4. The highest BCUT2D eigenvalue weighted by atomic mass is 16.6. The number of hydrogen-bond donors (Lipinski definition) is 2. The van der Waals surface area contributed by atoms with Crippen molar-refractivity contribution in [1.29, 1.82) is 0 Å². The van der Waals surface area contributed by atoms with Gasteiger partial charge in [-0.25, -0.2) is 4.79 Å². The predicted octanol–water partition coefficient (Wildman–Crippen LogP) is -1.30. The van der Waals surface area contributed by atoms with Crippen LogP contribution >= 0.6 is 0 Å². The number of aromatic nitrogens is 3. The Morgan fingerprint density at radius 3 is 3.00 bits per heavy atom. The molecule has 0 radical (unpaired) electrons. The van der Waals surface area contributed by atoms with Gasteiger partial charge in [-0.2, -0.15) is 0 Å². The van der Waals surface area contributed by atoms with Crippen molar-refractivity contribution in [2.75, 3.05) is 6.54 Å². The molecule has 2 N–H and O–H groups in total. The topological polar surface area (TPSA) is 119 Å². The maximum atomic E-state index is 11.7. The Balaban J connectivity index is 1.74. The summed E-state index contributed by atoms with van der Waals surface area (Å²) in [5, 5.41) is 22.3. The molecule has 0 saturated heterocycles. The van der Waals surface area contributed by atoms with Gasteiger partial charge in [0.15, 0.2) is 5.71 Å². The Kier molecular flexibility index (Phi) is 3.74. The van der Waals surface area contributed by atoms with Gasteiger partial charge < -0.3 is 19.8 Å². The molecule has 1 aliphatic rings. The quantitative estimate of drug-likeness (QED) is 0.684. The third-order valence-corrected chi connectivity index (χ3v) is 2.66. The van der Waals surface area contributed by atoms with Crippen molar-refractivity contribution in [2.45, 2.75) is 18.9 Å². The summed E-state index contributed by atoms with van der Waals surface area (Å²) >= 11 is 0. The van der Waals surface area contributed by atoms with Crippen LogP contribution in [0.15, 0.2) is 11.5 Å². The Labute approximate surface area is 108 Å². The molecule has 1 unspecified atom stereocenters. The van der Waals surface area contributed by atoms with Crippen molar-refractivity contribution < 1.29 is 19.5 Å². The maximum Gasteiger partial charge on any atom is 0.353 e. The van der Waals surface area contributed by atoms with Gasteiger partial charge in [0, 0.05) is 26.4 Å². The molecule has 0 saturated carbocycles. The van der Waals surface area contributed by atoms with Crippen LogP contribution in [-0.2, 0) is 27.9 Å². The fourth-order valence-corrected chi connectivity index (χ4v) is 1.59. The van der Waals surface area contributed by atoms with Crippen LogP contribution in [0, 0.1) is 0 Å². The van der Waals surface area contributed by atoms with Gasteiger partial charge in [-0.15, -0.1) is 10.2 Å². The second kappa shape index (κ2) is 5.46. The standard InChI is InChI=1S/C10H13N5O4/c1-15-5-12-13-8(15)2-3-11-9(16)7-4-6(10(17)18)14-19-7/h5,7H,2-4H2,1H3,(H,11,16)(H,17,18). The summed E-state index contributed by atoms with van der Waals surface area (Å²) in [4.78, 5) is 27.1. The van der Waals surface area contributed by atoms with Crippen LogP contribution in [-0.4, -0.2) is 50.1 Å². The van der Waals surface area contributed by atoms with Crippen molar-refractivity contribution in [2.24, 2.45) is 12.2 Å². The van der Waals surface area contributed by atoms with E-state index in [9.17, 15) is 9.59 Å².